The Morgan fingerprint density at radius 2 is 2.29 bits per heavy atom. The van der Waals surface area contributed by atoms with Crippen molar-refractivity contribution in [2.24, 2.45) is 0 Å². The van der Waals surface area contributed by atoms with Crippen LogP contribution in [0.15, 0.2) is 18.2 Å². The Hall–Kier alpha value is -1.66. The Morgan fingerprint density at radius 3 is 2.88 bits per heavy atom. The molecule has 2 N–H and O–H groups in total. The molecule has 0 aliphatic carbocycles. The van der Waals surface area contributed by atoms with E-state index in [1.54, 1.807) is 19.2 Å². The number of nitro benzene ring substituents is 1. The fourth-order valence-electron chi connectivity index (χ4n) is 1.39. The minimum absolute atomic E-state index is 0.00559. The molecule has 1 rings (SSSR count). The normalized spacial score (nSPS) is 10.2. The van der Waals surface area contributed by atoms with Crippen LogP contribution in [0.2, 0.25) is 0 Å². The first-order valence-corrected chi connectivity index (χ1v) is 5.34. The fraction of sp³-hybridized carbons (Fsp3) is 0.455. The molecule has 0 saturated heterocycles. The Bertz CT molecular complexity index is 382. The largest absolute Gasteiger partial charge is 0.487 e. The van der Waals surface area contributed by atoms with Gasteiger partial charge in [0, 0.05) is 25.6 Å². The molecule has 0 radical (unpaired) electrons. The molecule has 1 aromatic carbocycles. The zero-order valence-electron chi connectivity index (χ0n) is 9.68. The third-order valence-electron chi connectivity index (χ3n) is 2.16. The van der Waals surface area contributed by atoms with E-state index in [-0.39, 0.29) is 24.7 Å². The average molecular weight is 240 g/mol. The van der Waals surface area contributed by atoms with Gasteiger partial charge in [-0.05, 0) is 18.7 Å². The lowest BCUT2D eigenvalue weighted by Crippen LogP contribution is -2.07. The highest BCUT2D eigenvalue weighted by Gasteiger charge is 2.15. The van der Waals surface area contributed by atoms with E-state index in [2.05, 4.69) is 5.32 Å². The molecule has 0 atom stereocenters. The van der Waals surface area contributed by atoms with Crippen LogP contribution in [0.3, 0.4) is 0 Å². The van der Waals surface area contributed by atoms with E-state index in [1.165, 1.54) is 6.07 Å². The van der Waals surface area contributed by atoms with Gasteiger partial charge in [-0.1, -0.05) is 6.07 Å². The van der Waals surface area contributed by atoms with Gasteiger partial charge in [0.2, 0.25) is 0 Å². The predicted octanol–water partition coefficient (Wildman–Crippen LogP) is 1.08. The minimum Gasteiger partial charge on any atom is -0.487 e. The maximum Gasteiger partial charge on any atom is 0.311 e. The first-order chi connectivity index (χ1) is 8.19. The second-order valence-electron chi connectivity index (χ2n) is 3.52. The highest BCUT2D eigenvalue weighted by Crippen LogP contribution is 2.28. The monoisotopic (exact) mass is 240 g/mol. The standard InChI is InChI=1S/C11H16N2O4/c1-12-8-9-3-4-11(17-6-2-5-14)10(7-9)13(15)16/h3-4,7,12,14H,2,5-6,8H2,1H3. The Labute approximate surface area is 99.4 Å². The van der Waals surface area contributed by atoms with Crippen molar-refractivity contribution < 1.29 is 14.8 Å². The molecule has 0 amide bonds. The van der Waals surface area contributed by atoms with Crippen molar-refractivity contribution in [2.45, 2.75) is 13.0 Å². The van der Waals surface area contributed by atoms with Crippen molar-refractivity contribution in [3.63, 3.8) is 0 Å². The van der Waals surface area contributed by atoms with E-state index in [4.69, 9.17) is 9.84 Å². The van der Waals surface area contributed by atoms with E-state index < -0.39 is 4.92 Å². The third-order valence-corrected chi connectivity index (χ3v) is 2.16. The maximum absolute atomic E-state index is 10.9. The van der Waals surface area contributed by atoms with Gasteiger partial charge in [-0.15, -0.1) is 0 Å². The molecule has 0 fully saturated rings. The summed E-state index contributed by atoms with van der Waals surface area (Å²) in [5, 5.41) is 22.4. The predicted molar refractivity (Wildman–Crippen MR) is 63.1 cm³/mol. The van der Waals surface area contributed by atoms with Gasteiger partial charge in [0.05, 0.1) is 11.5 Å². The lowest BCUT2D eigenvalue weighted by molar-refractivity contribution is -0.385. The third kappa shape index (κ3) is 4.01. The van der Waals surface area contributed by atoms with Gasteiger partial charge in [-0.2, -0.15) is 0 Å². The SMILES string of the molecule is CNCc1ccc(OCCCO)c([N+](=O)[O-])c1. The van der Waals surface area contributed by atoms with Gasteiger partial charge in [-0.25, -0.2) is 0 Å². The topological polar surface area (TPSA) is 84.6 Å². The van der Waals surface area contributed by atoms with Crippen molar-refractivity contribution in [3.8, 4) is 5.75 Å². The van der Waals surface area contributed by atoms with Crippen LogP contribution in [-0.4, -0.2) is 30.3 Å². The van der Waals surface area contributed by atoms with Crippen LogP contribution >= 0.6 is 0 Å². The molecular formula is C11H16N2O4. The Kier molecular flexibility index (Phi) is 5.38. The van der Waals surface area contributed by atoms with E-state index >= 15 is 0 Å². The molecule has 0 aliphatic heterocycles. The average Bonchev–Trinajstić information content (AvgIpc) is 2.31. The number of aliphatic hydroxyl groups excluding tert-OH is 1. The fourth-order valence-corrected chi connectivity index (χ4v) is 1.39. The molecule has 1 aromatic rings. The summed E-state index contributed by atoms with van der Waals surface area (Å²) in [6, 6.07) is 4.85. The number of benzene rings is 1. The van der Waals surface area contributed by atoms with Crippen molar-refractivity contribution in [2.75, 3.05) is 20.3 Å². The van der Waals surface area contributed by atoms with Crippen molar-refractivity contribution in [1.29, 1.82) is 0 Å². The van der Waals surface area contributed by atoms with Gasteiger partial charge < -0.3 is 15.2 Å². The highest BCUT2D eigenvalue weighted by molar-refractivity contribution is 5.48. The molecule has 0 heterocycles. The number of nitrogens with one attached hydrogen (secondary N) is 1. The first kappa shape index (κ1) is 13.4. The van der Waals surface area contributed by atoms with Crippen LogP contribution in [0.4, 0.5) is 5.69 Å². The summed E-state index contributed by atoms with van der Waals surface area (Å²) in [6.07, 6.45) is 0.454. The van der Waals surface area contributed by atoms with Gasteiger partial charge >= 0.3 is 5.69 Å². The van der Waals surface area contributed by atoms with Crippen molar-refractivity contribution in [3.05, 3.63) is 33.9 Å². The number of aliphatic hydroxyl groups is 1. The Balaban J connectivity index is 2.84. The summed E-state index contributed by atoms with van der Waals surface area (Å²) in [5.74, 6) is 0.239. The molecular weight excluding hydrogens is 224 g/mol. The summed E-state index contributed by atoms with van der Waals surface area (Å²) in [4.78, 5) is 10.4. The van der Waals surface area contributed by atoms with Gasteiger partial charge in [-0.3, -0.25) is 10.1 Å². The van der Waals surface area contributed by atoms with Crippen LogP contribution in [0.1, 0.15) is 12.0 Å². The zero-order chi connectivity index (χ0) is 12.7. The molecule has 0 spiro atoms. The van der Waals surface area contributed by atoms with E-state index in [1.807, 2.05) is 0 Å². The maximum atomic E-state index is 10.9. The van der Waals surface area contributed by atoms with Gasteiger partial charge in [0.1, 0.15) is 0 Å². The molecule has 0 unspecified atom stereocenters. The number of hydrogen-bond acceptors (Lipinski definition) is 5. The van der Waals surface area contributed by atoms with Crippen LogP contribution in [0.5, 0.6) is 5.75 Å². The van der Waals surface area contributed by atoms with Crippen molar-refractivity contribution in [1.82, 2.24) is 5.32 Å². The highest BCUT2D eigenvalue weighted by atomic mass is 16.6. The van der Waals surface area contributed by atoms with Crippen LogP contribution in [0, 0.1) is 10.1 Å². The summed E-state index contributed by atoms with van der Waals surface area (Å²) >= 11 is 0. The summed E-state index contributed by atoms with van der Waals surface area (Å²) < 4.78 is 5.25. The van der Waals surface area contributed by atoms with Crippen molar-refractivity contribution >= 4 is 5.69 Å². The quantitative estimate of drug-likeness (QED) is 0.423. The van der Waals surface area contributed by atoms with Gasteiger partial charge in [0.25, 0.3) is 0 Å². The van der Waals surface area contributed by atoms with E-state index in [0.717, 1.165) is 5.56 Å². The Morgan fingerprint density at radius 1 is 1.53 bits per heavy atom. The minimum atomic E-state index is -0.465. The number of rotatable bonds is 7. The number of hydrogen-bond donors (Lipinski definition) is 2. The summed E-state index contributed by atoms with van der Waals surface area (Å²) in [6.45, 7) is 0.839. The van der Waals surface area contributed by atoms with E-state index in [9.17, 15) is 10.1 Å². The first-order valence-electron chi connectivity index (χ1n) is 5.34. The molecule has 0 saturated carbocycles. The molecule has 94 valence electrons. The molecule has 0 aromatic heterocycles. The summed E-state index contributed by atoms with van der Waals surface area (Å²) in [7, 11) is 1.78. The lowest BCUT2D eigenvalue weighted by Gasteiger charge is -2.07. The number of ether oxygens (including phenoxy) is 1. The van der Waals surface area contributed by atoms with Gasteiger partial charge in [0.15, 0.2) is 5.75 Å². The zero-order valence-corrected chi connectivity index (χ0v) is 9.68. The molecule has 17 heavy (non-hydrogen) atoms. The number of nitrogens with zero attached hydrogens (tertiary/aromatic N) is 1. The molecule has 0 aliphatic rings. The molecule has 0 bridgehead atoms. The number of nitro groups is 1. The lowest BCUT2D eigenvalue weighted by atomic mass is 10.2. The molecule has 6 heteroatoms. The smallest absolute Gasteiger partial charge is 0.311 e. The molecule has 6 nitrogen and oxygen atoms in total. The second kappa shape index (κ2) is 6.82. The summed E-state index contributed by atoms with van der Waals surface area (Å²) in [5.41, 5.74) is 0.782. The van der Waals surface area contributed by atoms with Crippen LogP contribution in [0.25, 0.3) is 0 Å². The second-order valence-corrected chi connectivity index (χ2v) is 3.52. The van der Waals surface area contributed by atoms with Crippen LogP contribution in [-0.2, 0) is 6.54 Å². The van der Waals surface area contributed by atoms with E-state index in [0.29, 0.717) is 13.0 Å². The van der Waals surface area contributed by atoms with Crippen LogP contribution < -0.4 is 10.1 Å².